The minimum Gasteiger partial charge on any atom is -0.473 e. The van der Waals surface area contributed by atoms with Crippen LogP contribution in [0, 0.1) is 11.6 Å². The second-order valence-corrected chi connectivity index (χ2v) is 9.52. The lowest BCUT2D eigenvalue weighted by Gasteiger charge is -2.21. The second kappa shape index (κ2) is 12.5. The van der Waals surface area contributed by atoms with Gasteiger partial charge in [-0.15, -0.1) is 5.10 Å². The molecule has 2 amide bonds. The van der Waals surface area contributed by atoms with Gasteiger partial charge in [0.1, 0.15) is 23.3 Å². The topological polar surface area (TPSA) is 101 Å². The van der Waals surface area contributed by atoms with Crippen molar-refractivity contribution in [2.24, 2.45) is 0 Å². The van der Waals surface area contributed by atoms with Crippen LogP contribution >= 0.6 is 11.6 Å². The van der Waals surface area contributed by atoms with Crippen molar-refractivity contribution in [2.75, 3.05) is 45.3 Å². The largest absolute Gasteiger partial charge is 0.473 e. The minimum atomic E-state index is -0.749. The smallest absolute Gasteiger partial charge is 0.320 e. The molecule has 3 aromatic rings. The summed E-state index contributed by atoms with van der Waals surface area (Å²) in [5, 5.41) is 19.7. The molecular weight excluding hydrogens is 520 g/mol. The summed E-state index contributed by atoms with van der Waals surface area (Å²) >= 11 is 6.53. The first-order valence-electron chi connectivity index (χ1n) is 12.1. The predicted molar refractivity (Wildman–Crippen MR) is 139 cm³/mol. The molecule has 0 saturated carbocycles. The van der Waals surface area contributed by atoms with Crippen LogP contribution in [0.1, 0.15) is 18.4 Å². The Balaban J connectivity index is 1.57. The van der Waals surface area contributed by atoms with Crippen LogP contribution in [0.5, 0.6) is 5.88 Å². The maximum atomic E-state index is 14.0. The summed E-state index contributed by atoms with van der Waals surface area (Å²) in [5.74, 6) is -1.50. The maximum Gasteiger partial charge on any atom is 0.320 e. The highest BCUT2D eigenvalue weighted by atomic mass is 35.5. The molecule has 9 nitrogen and oxygen atoms in total. The van der Waals surface area contributed by atoms with E-state index in [1.54, 1.807) is 38.3 Å². The van der Waals surface area contributed by atoms with Crippen molar-refractivity contribution in [3.8, 4) is 11.6 Å². The number of rotatable bonds is 10. The van der Waals surface area contributed by atoms with Gasteiger partial charge in [-0.2, -0.15) is 0 Å². The molecule has 3 atom stereocenters. The number of anilines is 1. The van der Waals surface area contributed by atoms with Crippen LogP contribution in [0.3, 0.4) is 0 Å². The average Bonchev–Trinajstić information content (AvgIpc) is 3.42. The van der Waals surface area contributed by atoms with Gasteiger partial charge in [0.05, 0.1) is 24.4 Å². The maximum absolute atomic E-state index is 14.0. The molecule has 0 bridgehead atoms. The third kappa shape index (κ3) is 6.79. The number of hydrogen-bond acceptors (Lipinski definition) is 6. The number of methoxy groups -OCH3 is 1. The molecule has 1 aliphatic rings. The van der Waals surface area contributed by atoms with E-state index in [4.69, 9.17) is 21.1 Å². The van der Waals surface area contributed by atoms with Gasteiger partial charge < -0.3 is 19.9 Å². The molecule has 0 aliphatic carbocycles. The first kappa shape index (κ1) is 27.8. The molecular formula is C26H30ClF2N5O4. The number of carbonyl (C=O) groups excluding carboxylic acids is 1. The molecule has 2 aromatic carbocycles. The molecule has 204 valence electrons. The first-order valence-corrected chi connectivity index (χ1v) is 12.5. The molecule has 1 fully saturated rings. The summed E-state index contributed by atoms with van der Waals surface area (Å²) in [5.41, 5.74) is 1.07. The Morgan fingerprint density at radius 3 is 2.58 bits per heavy atom. The molecule has 1 unspecified atom stereocenters. The van der Waals surface area contributed by atoms with E-state index in [2.05, 4.69) is 20.6 Å². The summed E-state index contributed by atoms with van der Waals surface area (Å²) in [4.78, 5) is 15.3. The van der Waals surface area contributed by atoms with E-state index in [1.165, 1.54) is 16.8 Å². The summed E-state index contributed by atoms with van der Waals surface area (Å²) in [7, 11) is 1.59. The number of aromatic nitrogens is 2. The number of para-hydroxylation sites is 1. The van der Waals surface area contributed by atoms with E-state index in [9.17, 15) is 18.7 Å². The zero-order valence-electron chi connectivity index (χ0n) is 21.0. The number of halogens is 3. The van der Waals surface area contributed by atoms with Gasteiger partial charge in [-0.25, -0.2) is 18.3 Å². The van der Waals surface area contributed by atoms with E-state index in [-0.39, 0.29) is 29.2 Å². The van der Waals surface area contributed by atoms with E-state index in [0.717, 1.165) is 6.07 Å². The molecule has 38 heavy (non-hydrogen) atoms. The molecule has 4 rings (SSSR count). The number of aliphatic hydroxyl groups is 1. The Kier molecular flexibility index (Phi) is 9.16. The first-order chi connectivity index (χ1) is 18.2. The normalized spacial score (nSPS) is 18.4. The average molecular weight is 550 g/mol. The third-order valence-electron chi connectivity index (χ3n) is 6.13. The summed E-state index contributed by atoms with van der Waals surface area (Å²) in [6.45, 7) is 3.53. The number of hydrogen-bond donors (Lipinski definition) is 3. The van der Waals surface area contributed by atoms with Crippen LogP contribution in [-0.4, -0.2) is 77.9 Å². The minimum absolute atomic E-state index is 0.0393. The number of amides is 2. The van der Waals surface area contributed by atoms with Gasteiger partial charge in [0.25, 0.3) is 5.88 Å². The molecule has 12 heteroatoms. The summed E-state index contributed by atoms with van der Waals surface area (Å²) in [6.07, 6.45) is -0.749. The molecule has 1 saturated heterocycles. The fourth-order valence-electron chi connectivity index (χ4n) is 4.41. The van der Waals surface area contributed by atoms with E-state index < -0.39 is 29.8 Å². The molecule has 0 spiro atoms. The number of nitrogens with zero attached hydrogens (tertiary/aromatic N) is 3. The summed E-state index contributed by atoms with van der Waals surface area (Å²) in [6, 6.07) is 11.4. The Hall–Kier alpha value is -3.25. The SMILES string of the molecule is COCCN1C[C@@H](NC(=O)Nc2c(Cl)c(OCC(C)O)nn2-c2ccccc2)[C@H](c2cc(F)cc(F)c2)C1. The van der Waals surface area contributed by atoms with E-state index in [1.807, 2.05) is 6.07 Å². The van der Waals surface area contributed by atoms with Crippen molar-refractivity contribution in [3.05, 3.63) is 70.8 Å². The highest BCUT2D eigenvalue weighted by molar-refractivity contribution is 6.34. The Morgan fingerprint density at radius 2 is 1.92 bits per heavy atom. The van der Waals surface area contributed by atoms with Gasteiger partial charge in [-0.05, 0) is 36.8 Å². The lowest BCUT2D eigenvalue weighted by atomic mass is 9.94. The zero-order valence-corrected chi connectivity index (χ0v) is 21.8. The quantitative estimate of drug-likeness (QED) is 0.356. The fourth-order valence-corrected chi connectivity index (χ4v) is 4.63. The number of aliphatic hydroxyl groups excluding tert-OH is 1. The number of urea groups is 1. The monoisotopic (exact) mass is 549 g/mol. The van der Waals surface area contributed by atoms with Crippen LogP contribution in [0.4, 0.5) is 19.4 Å². The molecule has 0 radical (unpaired) electrons. The van der Waals surface area contributed by atoms with Gasteiger partial charge >= 0.3 is 6.03 Å². The Morgan fingerprint density at radius 1 is 1.21 bits per heavy atom. The highest BCUT2D eigenvalue weighted by Gasteiger charge is 2.35. The van der Waals surface area contributed by atoms with Crippen LogP contribution < -0.4 is 15.4 Å². The van der Waals surface area contributed by atoms with Gasteiger partial charge in [0, 0.05) is 38.7 Å². The zero-order chi connectivity index (χ0) is 27.2. The third-order valence-corrected chi connectivity index (χ3v) is 6.47. The van der Waals surface area contributed by atoms with Crippen molar-refractivity contribution in [3.63, 3.8) is 0 Å². The molecule has 3 N–H and O–H groups in total. The van der Waals surface area contributed by atoms with Gasteiger partial charge in [-0.3, -0.25) is 10.2 Å². The predicted octanol–water partition coefficient (Wildman–Crippen LogP) is 3.80. The van der Waals surface area contributed by atoms with Crippen LogP contribution in [-0.2, 0) is 4.74 Å². The highest BCUT2D eigenvalue weighted by Crippen LogP contribution is 2.34. The van der Waals surface area contributed by atoms with E-state index in [0.29, 0.717) is 37.5 Å². The van der Waals surface area contributed by atoms with Crippen molar-refractivity contribution in [1.82, 2.24) is 20.0 Å². The fraction of sp³-hybridized carbons (Fsp3) is 0.385. The van der Waals surface area contributed by atoms with Crippen molar-refractivity contribution in [2.45, 2.75) is 25.0 Å². The standard InChI is InChI=1S/C26H30ClF2N5O4/c1-16(35)15-38-25-23(27)24(34(32-25)20-6-4-3-5-7-20)31-26(36)30-22-14-33(8-9-37-2)13-21(22)17-10-18(28)12-19(29)11-17/h3-7,10-12,16,21-22,35H,8-9,13-15H2,1-2H3,(H2,30,31,36)/t16?,21-,22+/m0/s1. The number of nitrogens with one attached hydrogen (secondary N) is 2. The Bertz CT molecular complexity index is 1220. The van der Waals surface area contributed by atoms with Gasteiger partial charge in [0.15, 0.2) is 5.82 Å². The molecule has 1 aromatic heterocycles. The van der Waals surface area contributed by atoms with Crippen LogP contribution in [0.15, 0.2) is 48.5 Å². The van der Waals surface area contributed by atoms with Crippen molar-refractivity contribution in [1.29, 1.82) is 0 Å². The number of likely N-dealkylation sites (tertiary alicyclic amines) is 1. The number of ether oxygens (including phenoxy) is 2. The summed E-state index contributed by atoms with van der Waals surface area (Å²) < 4.78 is 40.1. The number of carbonyl (C=O) groups is 1. The van der Waals surface area contributed by atoms with Crippen molar-refractivity contribution >= 4 is 23.4 Å². The molecule has 2 heterocycles. The second-order valence-electron chi connectivity index (χ2n) is 9.14. The van der Waals surface area contributed by atoms with Gasteiger partial charge in [0.2, 0.25) is 0 Å². The molecule has 1 aliphatic heterocycles. The van der Waals surface area contributed by atoms with Crippen molar-refractivity contribution < 1.29 is 28.2 Å². The lowest BCUT2D eigenvalue weighted by Crippen LogP contribution is -2.42. The Labute approximate surface area is 224 Å². The van der Waals surface area contributed by atoms with Gasteiger partial charge in [-0.1, -0.05) is 29.8 Å². The van der Waals surface area contributed by atoms with E-state index >= 15 is 0 Å². The van der Waals surface area contributed by atoms with Crippen LogP contribution in [0.2, 0.25) is 5.02 Å². The lowest BCUT2D eigenvalue weighted by molar-refractivity contribution is 0.119. The van der Waals surface area contributed by atoms with Crippen LogP contribution in [0.25, 0.3) is 5.69 Å². The number of benzene rings is 2.